The fourth-order valence-corrected chi connectivity index (χ4v) is 4.04. The zero-order valence-electron chi connectivity index (χ0n) is 9.45. The first kappa shape index (κ1) is 10.4. The highest BCUT2D eigenvalue weighted by atomic mass is 16.3. The second-order valence-electron chi connectivity index (χ2n) is 5.91. The van der Waals surface area contributed by atoms with Crippen LogP contribution in [0.1, 0.15) is 40.0 Å². The largest absolute Gasteiger partial charge is 0.396 e. The Morgan fingerprint density at radius 1 is 1.29 bits per heavy atom. The van der Waals surface area contributed by atoms with Crippen molar-refractivity contribution in [1.82, 2.24) is 0 Å². The number of rotatable bonds is 2. The van der Waals surface area contributed by atoms with Gasteiger partial charge >= 0.3 is 0 Å². The van der Waals surface area contributed by atoms with Crippen LogP contribution in [-0.4, -0.2) is 22.9 Å². The van der Waals surface area contributed by atoms with Crippen LogP contribution in [0, 0.1) is 22.7 Å². The number of fused-ring (bicyclic) bond motifs is 2. The predicted octanol–water partition coefficient (Wildman–Crippen LogP) is 1.80. The third-order valence-corrected chi connectivity index (χ3v) is 5.41. The molecule has 0 amide bonds. The Kier molecular flexibility index (Phi) is 2.20. The van der Waals surface area contributed by atoms with Crippen molar-refractivity contribution >= 4 is 0 Å². The van der Waals surface area contributed by atoms with E-state index < -0.39 is 0 Å². The molecule has 2 bridgehead atoms. The zero-order valence-corrected chi connectivity index (χ0v) is 9.45. The molecule has 2 N–H and O–H groups in total. The van der Waals surface area contributed by atoms with Crippen LogP contribution in [0.25, 0.3) is 0 Å². The van der Waals surface area contributed by atoms with Crippen LogP contribution in [-0.2, 0) is 0 Å². The molecule has 2 saturated carbocycles. The van der Waals surface area contributed by atoms with Gasteiger partial charge in [0.05, 0.1) is 6.10 Å². The van der Waals surface area contributed by atoms with Gasteiger partial charge in [-0.3, -0.25) is 0 Å². The van der Waals surface area contributed by atoms with Gasteiger partial charge in [0.1, 0.15) is 0 Å². The molecule has 2 nitrogen and oxygen atoms in total. The van der Waals surface area contributed by atoms with Crippen LogP contribution in [0.15, 0.2) is 0 Å². The van der Waals surface area contributed by atoms with E-state index in [1.54, 1.807) is 0 Å². The first-order chi connectivity index (χ1) is 6.45. The summed E-state index contributed by atoms with van der Waals surface area (Å²) in [5.74, 6) is 0.934. The van der Waals surface area contributed by atoms with Crippen molar-refractivity contribution in [1.29, 1.82) is 0 Å². The summed E-state index contributed by atoms with van der Waals surface area (Å²) in [6.07, 6.45) is 2.94. The van der Waals surface area contributed by atoms with Gasteiger partial charge in [0.25, 0.3) is 0 Å². The van der Waals surface area contributed by atoms with Gasteiger partial charge in [-0.1, -0.05) is 20.8 Å². The van der Waals surface area contributed by atoms with Gasteiger partial charge in [0, 0.05) is 6.61 Å². The van der Waals surface area contributed by atoms with Crippen molar-refractivity contribution < 1.29 is 10.2 Å². The number of hydrogen-bond acceptors (Lipinski definition) is 2. The summed E-state index contributed by atoms with van der Waals surface area (Å²) in [4.78, 5) is 0. The Morgan fingerprint density at radius 3 is 2.36 bits per heavy atom. The van der Waals surface area contributed by atoms with Gasteiger partial charge in [0.2, 0.25) is 0 Å². The summed E-state index contributed by atoms with van der Waals surface area (Å²) >= 11 is 0. The molecule has 0 aliphatic heterocycles. The molecule has 0 spiro atoms. The molecule has 0 saturated heterocycles. The maximum Gasteiger partial charge on any atom is 0.0630 e. The fourth-order valence-electron chi connectivity index (χ4n) is 4.04. The van der Waals surface area contributed by atoms with Crippen molar-refractivity contribution in [2.45, 2.75) is 46.1 Å². The molecule has 0 aromatic carbocycles. The van der Waals surface area contributed by atoms with Gasteiger partial charge in [-0.25, -0.2) is 0 Å². The van der Waals surface area contributed by atoms with E-state index in [2.05, 4.69) is 20.8 Å². The molecule has 0 unspecified atom stereocenters. The van der Waals surface area contributed by atoms with Crippen LogP contribution >= 0.6 is 0 Å². The van der Waals surface area contributed by atoms with Gasteiger partial charge in [-0.2, -0.15) is 0 Å². The third kappa shape index (κ3) is 0.989. The minimum absolute atomic E-state index is 0.0809. The predicted molar refractivity (Wildman–Crippen MR) is 55.8 cm³/mol. The molecule has 2 aliphatic rings. The average molecular weight is 198 g/mol. The van der Waals surface area contributed by atoms with E-state index in [9.17, 15) is 5.11 Å². The van der Waals surface area contributed by atoms with Crippen LogP contribution in [0.2, 0.25) is 0 Å². The summed E-state index contributed by atoms with van der Waals surface area (Å²) in [5, 5.41) is 19.3. The van der Waals surface area contributed by atoms with Crippen molar-refractivity contribution in [2.24, 2.45) is 22.7 Å². The van der Waals surface area contributed by atoms with Crippen molar-refractivity contribution in [3.05, 3.63) is 0 Å². The van der Waals surface area contributed by atoms with E-state index in [1.165, 1.54) is 6.42 Å². The quantitative estimate of drug-likeness (QED) is 0.710. The van der Waals surface area contributed by atoms with E-state index in [1.807, 2.05) is 0 Å². The number of aliphatic hydroxyl groups excluding tert-OH is 2. The first-order valence-corrected chi connectivity index (χ1v) is 5.74. The lowest BCUT2D eigenvalue weighted by molar-refractivity contribution is -0.0154. The van der Waals surface area contributed by atoms with E-state index in [4.69, 9.17) is 5.11 Å². The van der Waals surface area contributed by atoms with Crippen LogP contribution in [0.4, 0.5) is 0 Å². The zero-order chi connectivity index (χ0) is 10.6. The summed E-state index contributed by atoms with van der Waals surface area (Å²) < 4.78 is 0. The van der Waals surface area contributed by atoms with Crippen LogP contribution in [0.5, 0.6) is 0 Å². The molecule has 82 valence electrons. The topological polar surface area (TPSA) is 40.5 Å². The van der Waals surface area contributed by atoms with E-state index in [0.717, 1.165) is 12.8 Å². The Morgan fingerprint density at radius 2 is 1.93 bits per heavy atom. The summed E-state index contributed by atoms with van der Waals surface area (Å²) in [6, 6.07) is 0. The van der Waals surface area contributed by atoms with E-state index in [0.29, 0.717) is 11.8 Å². The molecule has 0 radical (unpaired) electrons. The van der Waals surface area contributed by atoms with Crippen LogP contribution < -0.4 is 0 Å². The molecule has 2 rings (SSSR count). The Balaban J connectivity index is 2.29. The highest BCUT2D eigenvalue weighted by Crippen LogP contribution is 2.68. The molecule has 2 heteroatoms. The first-order valence-electron chi connectivity index (χ1n) is 5.74. The SMILES string of the molecule is CC1(C)[C@H]2CC[C@]1(C)[C@H](O)[C@@H]2CCO. The van der Waals surface area contributed by atoms with Gasteiger partial charge in [0.15, 0.2) is 0 Å². The van der Waals surface area contributed by atoms with E-state index >= 15 is 0 Å². The lowest BCUT2D eigenvalue weighted by Gasteiger charge is -2.37. The highest BCUT2D eigenvalue weighted by molar-refractivity contribution is 5.14. The normalized spacial score (nSPS) is 49.9. The number of hydrogen-bond donors (Lipinski definition) is 2. The molecule has 14 heavy (non-hydrogen) atoms. The summed E-state index contributed by atoms with van der Waals surface area (Å²) in [5.41, 5.74) is 0.323. The maximum atomic E-state index is 10.3. The van der Waals surface area contributed by atoms with Gasteiger partial charge < -0.3 is 10.2 Å². The third-order valence-electron chi connectivity index (χ3n) is 5.41. The summed E-state index contributed by atoms with van der Waals surface area (Å²) in [6.45, 7) is 7.00. The number of aliphatic hydroxyl groups is 2. The monoisotopic (exact) mass is 198 g/mol. The van der Waals surface area contributed by atoms with Crippen molar-refractivity contribution in [3.8, 4) is 0 Å². The lowest BCUT2D eigenvalue weighted by atomic mass is 9.70. The van der Waals surface area contributed by atoms with Crippen molar-refractivity contribution in [3.63, 3.8) is 0 Å². The molecule has 2 aliphatic carbocycles. The Labute approximate surface area is 86.3 Å². The molecule has 0 aromatic rings. The standard InChI is InChI=1S/C12H22O2/c1-11(2)9-4-6-12(11,3)10(14)8(9)5-7-13/h8-10,13-14H,4-7H2,1-3H3/t8-,9+,10-,12-/m1/s1. The Bertz CT molecular complexity index is 236. The second-order valence-corrected chi connectivity index (χ2v) is 5.91. The minimum Gasteiger partial charge on any atom is -0.396 e. The molecule has 0 heterocycles. The Hall–Kier alpha value is -0.0800. The van der Waals surface area contributed by atoms with Crippen LogP contribution in [0.3, 0.4) is 0 Å². The smallest absolute Gasteiger partial charge is 0.0630 e. The fraction of sp³-hybridized carbons (Fsp3) is 1.00. The minimum atomic E-state index is -0.205. The summed E-state index contributed by atoms with van der Waals surface area (Å²) in [7, 11) is 0. The lowest BCUT2D eigenvalue weighted by Crippen LogP contribution is -2.37. The van der Waals surface area contributed by atoms with Gasteiger partial charge in [-0.05, 0) is 41.9 Å². The molecule has 4 atom stereocenters. The molecule has 2 fully saturated rings. The van der Waals surface area contributed by atoms with Crippen molar-refractivity contribution in [2.75, 3.05) is 6.61 Å². The molecular weight excluding hydrogens is 176 g/mol. The second kappa shape index (κ2) is 2.96. The molecule has 0 aromatic heterocycles. The average Bonchev–Trinajstić information content (AvgIpc) is 2.41. The van der Waals surface area contributed by atoms with E-state index in [-0.39, 0.29) is 23.5 Å². The molecular formula is C12H22O2. The van der Waals surface area contributed by atoms with Gasteiger partial charge in [-0.15, -0.1) is 0 Å². The highest BCUT2D eigenvalue weighted by Gasteiger charge is 2.65. The maximum absolute atomic E-state index is 10.3.